The molecule has 2 amide bonds. The molecule has 6 rings (SSSR count). The van der Waals surface area contributed by atoms with Gasteiger partial charge in [-0.3, -0.25) is 9.59 Å². The minimum Gasteiger partial charge on any atom is -0.336 e. The van der Waals surface area contributed by atoms with Gasteiger partial charge in [0.05, 0.1) is 27.7 Å². The third-order valence-corrected chi connectivity index (χ3v) is 8.49. The van der Waals surface area contributed by atoms with E-state index in [1.54, 1.807) is 30.1 Å². The lowest BCUT2D eigenvalue weighted by Gasteiger charge is -2.62. The van der Waals surface area contributed by atoms with Gasteiger partial charge in [0.2, 0.25) is 11.8 Å². The van der Waals surface area contributed by atoms with Crippen LogP contribution in [0.2, 0.25) is 10.0 Å². The Morgan fingerprint density at radius 2 is 1.59 bits per heavy atom. The summed E-state index contributed by atoms with van der Waals surface area (Å²) in [4.78, 5) is 28.1. The Balaban J connectivity index is 1.34. The van der Waals surface area contributed by atoms with Crippen molar-refractivity contribution < 1.29 is 9.59 Å². The lowest BCUT2D eigenvalue weighted by atomic mass is 9.42. The molecule has 2 unspecified atom stereocenters. The molecule has 32 heavy (non-hydrogen) atoms. The van der Waals surface area contributed by atoms with Crippen LogP contribution >= 0.6 is 23.2 Å². The van der Waals surface area contributed by atoms with Crippen LogP contribution in [0.5, 0.6) is 0 Å². The van der Waals surface area contributed by atoms with Crippen molar-refractivity contribution in [3.63, 3.8) is 0 Å². The van der Waals surface area contributed by atoms with Gasteiger partial charge in [0.25, 0.3) is 0 Å². The number of amides is 2. The van der Waals surface area contributed by atoms with E-state index in [0.717, 1.165) is 19.3 Å². The molecular formula is C26H28Cl2N2O2. The molecule has 0 aliphatic heterocycles. The molecule has 4 aliphatic rings. The number of hydrogen-bond acceptors (Lipinski definition) is 2. The zero-order chi connectivity index (χ0) is 22.5. The lowest BCUT2D eigenvalue weighted by molar-refractivity contribution is -0.159. The molecule has 4 fully saturated rings. The van der Waals surface area contributed by atoms with Crippen LogP contribution in [0.25, 0.3) is 0 Å². The summed E-state index contributed by atoms with van der Waals surface area (Å²) in [5, 5.41) is 3.54. The molecule has 0 aromatic heterocycles. The Morgan fingerprint density at radius 3 is 2.22 bits per heavy atom. The van der Waals surface area contributed by atoms with Crippen LogP contribution < -0.4 is 5.32 Å². The highest BCUT2D eigenvalue weighted by Crippen LogP contribution is 2.66. The predicted molar refractivity (Wildman–Crippen MR) is 128 cm³/mol. The SMILES string of the molecule is CN(CC(=O)Nc1c(Cl)cccc1Cl)C(=O)C12C[C@H]3C[C@@H](C1)CC(c1ccccc1)(C3)C2. The summed E-state index contributed by atoms with van der Waals surface area (Å²) in [6.45, 7) is -0.0180. The molecule has 2 aromatic carbocycles. The average Bonchev–Trinajstić information content (AvgIpc) is 2.75. The Kier molecular flexibility index (Phi) is 5.50. The van der Waals surface area contributed by atoms with Crippen molar-refractivity contribution in [1.82, 2.24) is 4.90 Å². The van der Waals surface area contributed by atoms with Gasteiger partial charge in [-0.05, 0) is 73.5 Å². The van der Waals surface area contributed by atoms with Gasteiger partial charge in [-0.2, -0.15) is 0 Å². The standard InChI is InChI=1S/C26H28Cl2N2O2/c1-30(15-22(31)29-23-20(27)8-5-9-21(23)28)24(32)26-13-17-10-18(14-26)12-25(11-17,16-26)19-6-3-2-4-7-19/h2-9,17-18H,10-16H2,1H3,(H,29,31)/t17-,18+,25?,26?. The summed E-state index contributed by atoms with van der Waals surface area (Å²) >= 11 is 12.4. The number of nitrogens with zero attached hydrogens (tertiary/aromatic N) is 1. The monoisotopic (exact) mass is 470 g/mol. The van der Waals surface area contributed by atoms with E-state index in [4.69, 9.17) is 23.2 Å². The highest BCUT2D eigenvalue weighted by Gasteiger charge is 2.61. The van der Waals surface area contributed by atoms with E-state index < -0.39 is 0 Å². The summed E-state index contributed by atoms with van der Waals surface area (Å²) in [5.74, 6) is 0.986. The fraction of sp³-hybridized carbons (Fsp3) is 0.462. The van der Waals surface area contributed by atoms with E-state index >= 15 is 0 Å². The first kappa shape index (κ1) is 21.8. The van der Waals surface area contributed by atoms with Crippen molar-refractivity contribution in [3.05, 3.63) is 64.1 Å². The Hall–Kier alpha value is -2.04. The summed E-state index contributed by atoms with van der Waals surface area (Å²) in [6, 6.07) is 15.8. The topological polar surface area (TPSA) is 49.4 Å². The van der Waals surface area contributed by atoms with Crippen LogP contribution in [0, 0.1) is 17.3 Å². The van der Waals surface area contributed by atoms with Crippen LogP contribution in [0.1, 0.15) is 44.1 Å². The van der Waals surface area contributed by atoms with E-state index in [0.29, 0.717) is 27.6 Å². The zero-order valence-corrected chi connectivity index (χ0v) is 19.8. The molecule has 168 valence electrons. The van der Waals surface area contributed by atoms with Gasteiger partial charge in [-0.15, -0.1) is 0 Å². The molecule has 4 aliphatic carbocycles. The molecule has 4 saturated carbocycles. The normalized spacial score (nSPS) is 30.2. The first-order valence-corrected chi connectivity index (χ1v) is 12.1. The number of carbonyl (C=O) groups excluding carboxylic acids is 2. The molecule has 0 radical (unpaired) electrons. The van der Waals surface area contributed by atoms with Gasteiger partial charge in [0, 0.05) is 7.05 Å². The molecule has 0 saturated heterocycles. The number of hydrogen-bond donors (Lipinski definition) is 1. The van der Waals surface area contributed by atoms with Crippen LogP contribution in [0.3, 0.4) is 0 Å². The van der Waals surface area contributed by atoms with Gasteiger partial charge < -0.3 is 10.2 Å². The van der Waals surface area contributed by atoms with E-state index in [2.05, 4.69) is 35.6 Å². The van der Waals surface area contributed by atoms with Crippen LogP contribution in [-0.2, 0) is 15.0 Å². The van der Waals surface area contributed by atoms with Crippen LogP contribution in [-0.4, -0.2) is 30.3 Å². The molecule has 2 aromatic rings. The molecular weight excluding hydrogens is 443 g/mol. The first-order chi connectivity index (χ1) is 15.3. The molecule has 4 nitrogen and oxygen atoms in total. The van der Waals surface area contributed by atoms with Gasteiger partial charge in [-0.1, -0.05) is 59.6 Å². The zero-order valence-electron chi connectivity index (χ0n) is 18.2. The maximum absolute atomic E-state index is 13.8. The minimum absolute atomic E-state index is 0.0180. The second-order valence-electron chi connectivity index (χ2n) is 10.2. The lowest BCUT2D eigenvalue weighted by Crippen LogP contribution is -2.59. The average molecular weight is 471 g/mol. The maximum Gasteiger partial charge on any atom is 0.244 e. The highest BCUT2D eigenvalue weighted by molar-refractivity contribution is 6.39. The number of halogens is 2. The molecule has 4 atom stereocenters. The second kappa shape index (κ2) is 8.07. The van der Waals surface area contributed by atoms with Crippen molar-refractivity contribution in [2.24, 2.45) is 17.3 Å². The Labute approximate surface area is 199 Å². The molecule has 6 heteroatoms. The summed E-state index contributed by atoms with van der Waals surface area (Å²) in [6.07, 6.45) is 6.37. The van der Waals surface area contributed by atoms with Gasteiger partial charge >= 0.3 is 0 Å². The molecule has 4 bridgehead atoms. The van der Waals surface area contributed by atoms with Crippen LogP contribution in [0.4, 0.5) is 5.69 Å². The summed E-state index contributed by atoms with van der Waals surface area (Å²) in [7, 11) is 1.74. The first-order valence-electron chi connectivity index (χ1n) is 11.4. The molecule has 1 N–H and O–H groups in total. The van der Waals surface area contributed by atoms with E-state index in [1.807, 2.05) is 0 Å². The van der Waals surface area contributed by atoms with E-state index in [1.165, 1.54) is 24.8 Å². The Morgan fingerprint density at radius 1 is 0.969 bits per heavy atom. The number of carbonyl (C=O) groups is 2. The highest BCUT2D eigenvalue weighted by atomic mass is 35.5. The number of rotatable bonds is 5. The number of para-hydroxylation sites is 1. The smallest absolute Gasteiger partial charge is 0.244 e. The van der Waals surface area contributed by atoms with E-state index in [-0.39, 0.29) is 29.2 Å². The molecule has 0 heterocycles. The Bertz CT molecular complexity index is 1020. The second-order valence-corrected chi connectivity index (χ2v) is 11.0. The number of benzene rings is 2. The summed E-state index contributed by atoms with van der Waals surface area (Å²) < 4.78 is 0. The van der Waals surface area contributed by atoms with Gasteiger partial charge in [0.1, 0.15) is 0 Å². The van der Waals surface area contributed by atoms with Crippen molar-refractivity contribution >= 4 is 40.7 Å². The third kappa shape index (κ3) is 3.72. The van der Waals surface area contributed by atoms with Crippen molar-refractivity contribution in [2.75, 3.05) is 18.9 Å². The van der Waals surface area contributed by atoms with Crippen molar-refractivity contribution in [3.8, 4) is 0 Å². The number of nitrogens with one attached hydrogen (secondary N) is 1. The quantitative estimate of drug-likeness (QED) is 0.588. The third-order valence-electron chi connectivity index (χ3n) is 7.86. The fourth-order valence-corrected chi connectivity index (χ4v) is 7.62. The van der Waals surface area contributed by atoms with Crippen molar-refractivity contribution in [1.29, 1.82) is 0 Å². The maximum atomic E-state index is 13.8. The molecule has 0 spiro atoms. The van der Waals surface area contributed by atoms with Crippen molar-refractivity contribution in [2.45, 2.75) is 43.9 Å². The van der Waals surface area contributed by atoms with E-state index in [9.17, 15) is 9.59 Å². The number of anilines is 1. The van der Waals surface area contributed by atoms with Crippen LogP contribution in [0.15, 0.2) is 48.5 Å². The summed E-state index contributed by atoms with van der Waals surface area (Å²) in [5.41, 5.74) is 1.49. The minimum atomic E-state index is -0.364. The predicted octanol–water partition coefficient (Wildman–Crippen LogP) is 5.93. The van der Waals surface area contributed by atoms with Gasteiger partial charge in [0.15, 0.2) is 0 Å². The van der Waals surface area contributed by atoms with Gasteiger partial charge in [-0.25, -0.2) is 0 Å². The fourth-order valence-electron chi connectivity index (χ4n) is 7.13. The largest absolute Gasteiger partial charge is 0.336 e. The number of likely N-dealkylation sites (N-methyl/N-ethyl adjacent to an activating group) is 1.